The highest BCUT2D eigenvalue weighted by Crippen LogP contribution is 2.26. The van der Waals surface area contributed by atoms with E-state index in [-0.39, 0.29) is 12.1 Å². The fourth-order valence-corrected chi connectivity index (χ4v) is 2.31. The van der Waals surface area contributed by atoms with Crippen LogP contribution < -0.4 is 5.32 Å². The lowest BCUT2D eigenvalue weighted by Crippen LogP contribution is -2.25. The first kappa shape index (κ1) is 12.8. The molecule has 0 aliphatic carbocycles. The zero-order valence-electron chi connectivity index (χ0n) is 11.3. The second kappa shape index (κ2) is 5.80. The number of nitrogens with one attached hydrogen (secondary N) is 1. The molecule has 0 amide bonds. The minimum absolute atomic E-state index is 0.00583. The highest BCUT2D eigenvalue weighted by molar-refractivity contribution is 5.27. The van der Waals surface area contributed by atoms with E-state index in [4.69, 9.17) is 8.83 Å². The molecule has 0 fully saturated rings. The van der Waals surface area contributed by atoms with Gasteiger partial charge in [0.05, 0.1) is 24.6 Å². The number of furan rings is 2. The fraction of sp³-hybridized carbons (Fsp3) is 0.176. The number of hydrogen-bond acceptors (Lipinski definition) is 3. The van der Waals surface area contributed by atoms with E-state index in [1.807, 2.05) is 42.5 Å². The topological polar surface area (TPSA) is 38.3 Å². The van der Waals surface area contributed by atoms with E-state index < -0.39 is 0 Å². The highest BCUT2D eigenvalue weighted by Gasteiger charge is 2.20. The summed E-state index contributed by atoms with van der Waals surface area (Å²) >= 11 is 0. The summed E-state index contributed by atoms with van der Waals surface area (Å²) < 4.78 is 11.0. The van der Waals surface area contributed by atoms with Crippen LogP contribution in [0, 0.1) is 0 Å². The van der Waals surface area contributed by atoms with Crippen molar-refractivity contribution in [1.29, 1.82) is 0 Å². The molecule has 102 valence electrons. The molecular formula is C17H17NO2. The van der Waals surface area contributed by atoms with Crippen LogP contribution >= 0.6 is 0 Å². The normalized spacial score (nSPS) is 14.1. The zero-order chi connectivity index (χ0) is 13.8. The lowest BCUT2D eigenvalue weighted by atomic mass is 10.0. The number of rotatable bonds is 5. The van der Waals surface area contributed by atoms with E-state index in [0.717, 1.165) is 11.5 Å². The predicted molar refractivity (Wildman–Crippen MR) is 77.3 cm³/mol. The van der Waals surface area contributed by atoms with Gasteiger partial charge < -0.3 is 8.83 Å². The summed E-state index contributed by atoms with van der Waals surface area (Å²) in [4.78, 5) is 0. The van der Waals surface area contributed by atoms with Gasteiger partial charge in [-0.2, -0.15) is 0 Å². The molecule has 3 rings (SSSR count). The third-order valence-electron chi connectivity index (χ3n) is 3.35. The van der Waals surface area contributed by atoms with Crippen LogP contribution in [0.5, 0.6) is 0 Å². The van der Waals surface area contributed by atoms with E-state index in [0.29, 0.717) is 0 Å². The Kier molecular flexibility index (Phi) is 3.70. The summed E-state index contributed by atoms with van der Waals surface area (Å²) in [5, 5.41) is 3.55. The Morgan fingerprint density at radius 2 is 1.45 bits per heavy atom. The summed E-state index contributed by atoms with van der Waals surface area (Å²) in [6, 6.07) is 18.1. The Hall–Kier alpha value is -2.26. The van der Waals surface area contributed by atoms with Crippen LogP contribution in [0.15, 0.2) is 76.0 Å². The van der Waals surface area contributed by atoms with Gasteiger partial charge in [-0.05, 0) is 36.8 Å². The lowest BCUT2D eigenvalue weighted by Gasteiger charge is -2.21. The van der Waals surface area contributed by atoms with E-state index in [1.54, 1.807) is 12.5 Å². The summed E-state index contributed by atoms with van der Waals surface area (Å²) in [6.07, 6.45) is 3.39. The van der Waals surface area contributed by atoms with Crippen molar-refractivity contribution >= 4 is 0 Å². The zero-order valence-corrected chi connectivity index (χ0v) is 11.3. The molecule has 0 aliphatic rings. The van der Waals surface area contributed by atoms with Gasteiger partial charge in [0.15, 0.2) is 0 Å². The molecule has 3 nitrogen and oxygen atoms in total. The van der Waals surface area contributed by atoms with Gasteiger partial charge in [-0.1, -0.05) is 30.3 Å². The molecule has 0 aliphatic heterocycles. The van der Waals surface area contributed by atoms with Crippen molar-refractivity contribution in [1.82, 2.24) is 5.32 Å². The predicted octanol–water partition coefficient (Wildman–Crippen LogP) is 4.31. The maximum absolute atomic E-state index is 5.58. The molecule has 0 saturated heterocycles. The quantitative estimate of drug-likeness (QED) is 0.748. The summed E-state index contributed by atoms with van der Waals surface area (Å²) in [5.74, 6) is 1.81. The largest absolute Gasteiger partial charge is 0.468 e. The fourth-order valence-electron chi connectivity index (χ4n) is 2.31. The summed E-state index contributed by atoms with van der Waals surface area (Å²) in [6.45, 7) is 2.08. The van der Waals surface area contributed by atoms with Gasteiger partial charge in [-0.25, -0.2) is 0 Å². The molecule has 20 heavy (non-hydrogen) atoms. The lowest BCUT2D eigenvalue weighted by molar-refractivity contribution is 0.378. The third kappa shape index (κ3) is 2.68. The monoisotopic (exact) mass is 267 g/mol. The summed E-state index contributed by atoms with van der Waals surface area (Å²) in [5.41, 5.74) is 1.17. The minimum Gasteiger partial charge on any atom is -0.468 e. The van der Waals surface area contributed by atoms with E-state index >= 15 is 0 Å². The minimum atomic E-state index is 0.00583. The van der Waals surface area contributed by atoms with Gasteiger partial charge in [0.1, 0.15) is 11.5 Å². The van der Waals surface area contributed by atoms with Crippen LogP contribution in [0.4, 0.5) is 0 Å². The maximum atomic E-state index is 5.58. The van der Waals surface area contributed by atoms with Gasteiger partial charge in [-0.15, -0.1) is 0 Å². The molecule has 0 radical (unpaired) electrons. The second-order valence-electron chi connectivity index (χ2n) is 4.76. The standard InChI is InChI=1S/C17H17NO2/c1-13(15-9-5-11-19-15)18-17(16-10-6-12-20-16)14-7-3-2-4-8-14/h2-13,17-18H,1H3. The van der Waals surface area contributed by atoms with Crippen molar-refractivity contribution in [3.05, 3.63) is 84.2 Å². The van der Waals surface area contributed by atoms with E-state index in [9.17, 15) is 0 Å². The first-order chi connectivity index (χ1) is 9.84. The van der Waals surface area contributed by atoms with Gasteiger partial charge in [0.2, 0.25) is 0 Å². The van der Waals surface area contributed by atoms with E-state index in [1.165, 1.54) is 5.56 Å². The Bertz CT molecular complexity index is 614. The number of benzene rings is 1. The Morgan fingerprint density at radius 3 is 2.05 bits per heavy atom. The smallest absolute Gasteiger partial charge is 0.125 e. The third-order valence-corrected chi connectivity index (χ3v) is 3.35. The van der Waals surface area contributed by atoms with Crippen LogP contribution in [0.1, 0.15) is 36.1 Å². The Balaban J connectivity index is 1.87. The van der Waals surface area contributed by atoms with Crippen LogP contribution in [-0.2, 0) is 0 Å². The van der Waals surface area contributed by atoms with Crippen LogP contribution in [-0.4, -0.2) is 0 Å². The molecule has 0 bridgehead atoms. The second-order valence-corrected chi connectivity index (χ2v) is 4.76. The van der Waals surface area contributed by atoms with Crippen LogP contribution in [0.2, 0.25) is 0 Å². The molecule has 2 heterocycles. The molecule has 1 aromatic carbocycles. The maximum Gasteiger partial charge on any atom is 0.125 e. The average molecular weight is 267 g/mol. The molecule has 2 atom stereocenters. The van der Waals surface area contributed by atoms with Crippen LogP contribution in [0.3, 0.4) is 0 Å². The molecule has 1 N–H and O–H groups in total. The van der Waals surface area contributed by atoms with Gasteiger partial charge in [0, 0.05) is 0 Å². The number of hydrogen-bond donors (Lipinski definition) is 1. The van der Waals surface area contributed by atoms with E-state index in [2.05, 4.69) is 24.4 Å². The van der Waals surface area contributed by atoms with Gasteiger partial charge in [0.25, 0.3) is 0 Å². The SMILES string of the molecule is CC(NC(c1ccccc1)c1ccco1)c1ccco1. The molecule has 3 heteroatoms. The Labute approximate surface area is 118 Å². The molecular weight excluding hydrogens is 250 g/mol. The molecule has 2 aromatic heterocycles. The van der Waals surface area contributed by atoms with Crippen molar-refractivity contribution in [3.63, 3.8) is 0 Å². The highest BCUT2D eigenvalue weighted by atomic mass is 16.3. The Morgan fingerprint density at radius 1 is 0.800 bits per heavy atom. The van der Waals surface area contributed by atoms with Crippen molar-refractivity contribution in [2.45, 2.75) is 19.0 Å². The molecule has 0 spiro atoms. The average Bonchev–Trinajstić information content (AvgIpc) is 3.18. The molecule has 0 saturated carbocycles. The molecule has 3 aromatic rings. The van der Waals surface area contributed by atoms with Crippen molar-refractivity contribution in [3.8, 4) is 0 Å². The van der Waals surface area contributed by atoms with Gasteiger partial charge in [-0.3, -0.25) is 5.32 Å². The van der Waals surface area contributed by atoms with Crippen LogP contribution in [0.25, 0.3) is 0 Å². The van der Waals surface area contributed by atoms with Crippen molar-refractivity contribution in [2.24, 2.45) is 0 Å². The van der Waals surface area contributed by atoms with Crippen molar-refractivity contribution < 1.29 is 8.83 Å². The first-order valence-electron chi connectivity index (χ1n) is 6.72. The first-order valence-corrected chi connectivity index (χ1v) is 6.72. The van der Waals surface area contributed by atoms with Gasteiger partial charge >= 0.3 is 0 Å². The molecule has 2 unspecified atom stereocenters. The summed E-state index contributed by atoms with van der Waals surface area (Å²) in [7, 11) is 0. The van der Waals surface area contributed by atoms with Crippen molar-refractivity contribution in [2.75, 3.05) is 0 Å².